The number of hydrogen-bond acceptors (Lipinski definition) is 0. The van der Waals surface area contributed by atoms with Crippen molar-refractivity contribution in [3.8, 4) is 0 Å². The van der Waals surface area contributed by atoms with Crippen molar-refractivity contribution in [3.05, 3.63) is 35.2 Å². The summed E-state index contributed by atoms with van der Waals surface area (Å²) in [6.07, 6.45) is 7.45. The Morgan fingerprint density at radius 3 is 2.58 bits per heavy atom. The molecule has 0 saturated carbocycles. The van der Waals surface area contributed by atoms with E-state index in [0.717, 1.165) is 6.42 Å². The molecule has 1 heteroatoms. The SMILES string of the molecule is CC([N-]C(C)(C)C)=C1C=C[CH-]C1. The van der Waals surface area contributed by atoms with Gasteiger partial charge in [0.2, 0.25) is 0 Å². The first-order chi connectivity index (χ1) is 5.49. The molecule has 0 bridgehead atoms. The van der Waals surface area contributed by atoms with Crippen molar-refractivity contribution in [2.75, 3.05) is 0 Å². The second-order valence-corrected chi connectivity index (χ2v) is 4.19. The maximum atomic E-state index is 4.60. The Hall–Kier alpha value is -0.850. The minimum absolute atomic E-state index is 0.0491. The average Bonchev–Trinajstić information content (AvgIpc) is 2.32. The Balaban J connectivity index is 2.63. The van der Waals surface area contributed by atoms with E-state index in [1.165, 1.54) is 11.3 Å². The second-order valence-electron chi connectivity index (χ2n) is 4.19. The van der Waals surface area contributed by atoms with Crippen LogP contribution in [0, 0.1) is 6.42 Å². The van der Waals surface area contributed by atoms with Gasteiger partial charge in [0, 0.05) is 0 Å². The molecule has 1 rings (SSSR count). The summed E-state index contributed by atoms with van der Waals surface area (Å²) < 4.78 is 0. The highest BCUT2D eigenvalue weighted by atomic mass is 15.0. The molecule has 1 aliphatic carbocycles. The van der Waals surface area contributed by atoms with E-state index in [9.17, 15) is 0 Å². The van der Waals surface area contributed by atoms with Gasteiger partial charge in [-0.05, 0) is 0 Å². The van der Waals surface area contributed by atoms with Gasteiger partial charge in [-0.1, -0.05) is 34.1 Å². The minimum atomic E-state index is 0.0491. The lowest BCUT2D eigenvalue weighted by molar-refractivity contribution is 0.657. The molecule has 1 nitrogen and oxygen atoms in total. The molecule has 0 amide bonds. The first kappa shape index (κ1) is 9.24. The third kappa shape index (κ3) is 2.65. The summed E-state index contributed by atoms with van der Waals surface area (Å²) in [6, 6.07) is 0. The maximum Gasteiger partial charge on any atom is -0.0621 e. The topological polar surface area (TPSA) is 14.1 Å². The molecular weight excluding hydrogens is 146 g/mol. The van der Waals surface area contributed by atoms with Crippen molar-refractivity contribution in [3.63, 3.8) is 0 Å². The Morgan fingerprint density at radius 2 is 2.17 bits per heavy atom. The third-order valence-electron chi connectivity index (χ3n) is 1.74. The lowest BCUT2D eigenvalue weighted by Crippen LogP contribution is -2.12. The monoisotopic (exact) mass is 163 g/mol. The van der Waals surface area contributed by atoms with E-state index in [0.29, 0.717) is 0 Å². The Bertz CT molecular complexity index is 216. The van der Waals surface area contributed by atoms with Gasteiger partial charge in [0.25, 0.3) is 0 Å². The molecule has 0 unspecified atom stereocenters. The van der Waals surface area contributed by atoms with Crippen LogP contribution >= 0.6 is 0 Å². The lowest BCUT2D eigenvalue weighted by atomic mass is 10.1. The summed E-state index contributed by atoms with van der Waals surface area (Å²) in [6.45, 7) is 8.46. The van der Waals surface area contributed by atoms with Gasteiger partial charge in [0.05, 0.1) is 0 Å². The van der Waals surface area contributed by atoms with E-state index < -0.39 is 0 Å². The molecule has 12 heavy (non-hydrogen) atoms. The highest BCUT2D eigenvalue weighted by Gasteiger charge is 1.97. The number of hydrogen-bond donors (Lipinski definition) is 0. The van der Waals surface area contributed by atoms with Crippen molar-refractivity contribution >= 4 is 0 Å². The van der Waals surface area contributed by atoms with Crippen LogP contribution in [0.4, 0.5) is 0 Å². The lowest BCUT2D eigenvalue weighted by Gasteiger charge is -2.40. The molecule has 0 N–H and O–H groups in total. The summed E-state index contributed by atoms with van der Waals surface area (Å²) in [4.78, 5) is 0. The van der Waals surface area contributed by atoms with E-state index in [1.807, 2.05) is 0 Å². The van der Waals surface area contributed by atoms with E-state index in [1.54, 1.807) is 0 Å². The zero-order valence-corrected chi connectivity index (χ0v) is 8.39. The van der Waals surface area contributed by atoms with Gasteiger partial charge < -0.3 is 5.32 Å². The third-order valence-corrected chi connectivity index (χ3v) is 1.74. The second kappa shape index (κ2) is 3.26. The molecule has 0 fully saturated rings. The summed E-state index contributed by atoms with van der Waals surface area (Å²) >= 11 is 0. The smallest absolute Gasteiger partial charge is 0.0621 e. The Morgan fingerprint density at radius 1 is 1.50 bits per heavy atom. The Labute approximate surface area is 75.6 Å². The summed E-state index contributed by atoms with van der Waals surface area (Å²) in [5, 5.41) is 4.60. The molecule has 0 aromatic carbocycles. The van der Waals surface area contributed by atoms with E-state index in [4.69, 9.17) is 0 Å². The van der Waals surface area contributed by atoms with Crippen LogP contribution in [0.15, 0.2) is 23.4 Å². The molecule has 0 heterocycles. The zero-order chi connectivity index (χ0) is 9.19. The summed E-state index contributed by atoms with van der Waals surface area (Å²) in [7, 11) is 0. The van der Waals surface area contributed by atoms with E-state index in [-0.39, 0.29) is 5.54 Å². The molecule has 0 radical (unpaired) electrons. The van der Waals surface area contributed by atoms with Gasteiger partial charge in [-0.15, -0.1) is 5.54 Å². The molecular formula is C11H17N-2. The zero-order valence-electron chi connectivity index (χ0n) is 8.39. The first-order valence-corrected chi connectivity index (χ1v) is 4.41. The van der Waals surface area contributed by atoms with Gasteiger partial charge >= 0.3 is 0 Å². The van der Waals surface area contributed by atoms with Crippen LogP contribution in [-0.2, 0) is 0 Å². The number of allylic oxidation sites excluding steroid dienone is 4. The molecule has 0 saturated heterocycles. The molecule has 0 spiro atoms. The molecule has 68 valence electrons. The van der Waals surface area contributed by atoms with Crippen LogP contribution in [0.3, 0.4) is 0 Å². The van der Waals surface area contributed by atoms with Gasteiger partial charge in [0.15, 0.2) is 0 Å². The molecule has 0 aliphatic heterocycles. The fourth-order valence-corrected chi connectivity index (χ4v) is 1.29. The molecule has 0 atom stereocenters. The van der Waals surface area contributed by atoms with Crippen molar-refractivity contribution in [1.29, 1.82) is 0 Å². The van der Waals surface area contributed by atoms with Crippen LogP contribution in [-0.4, -0.2) is 5.54 Å². The molecule has 0 aromatic rings. The van der Waals surface area contributed by atoms with Crippen molar-refractivity contribution in [1.82, 2.24) is 0 Å². The first-order valence-electron chi connectivity index (χ1n) is 4.41. The van der Waals surface area contributed by atoms with Crippen LogP contribution in [0.25, 0.3) is 5.32 Å². The molecule has 0 aromatic heterocycles. The number of nitrogens with zero attached hydrogens (tertiary/aromatic N) is 1. The van der Waals surface area contributed by atoms with Crippen molar-refractivity contribution in [2.45, 2.75) is 39.7 Å². The van der Waals surface area contributed by atoms with Crippen LogP contribution in [0.1, 0.15) is 34.1 Å². The standard InChI is InChI=1S/C11H17N/c1-9(12-11(2,3)4)10-7-5-6-8-10/h5-7H,8H2,1-4H3/q-2. The predicted molar refractivity (Wildman–Crippen MR) is 53.9 cm³/mol. The van der Waals surface area contributed by atoms with Crippen LogP contribution < -0.4 is 0 Å². The fourth-order valence-electron chi connectivity index (χ4n) is 1.29. The normalized spacial score (nSPS) is 20.7. The van der Waals surface area contributed by atoms with Gasteiger partial charge in [-0.25, -0.2) is 18.6 Å². The predicted octanol–water partition coefficient (Wildman–Crippen LogP) is 3.60. The quantitative estimate of drug-likeness (QED) is 0.524. The van der Waals surface area contributed by atoms with Crippen molar-refractivity contribution < 1.29 is 0 Å². The fraction of sp³-hybridized carbons (Fsp3) is 0.545. The van der Waals surface area contributed by atoms with Crippen LogP contribution in [0.5, 0.6) is 0 Å². The highest BCUT2D eigenvalue weighted by molar-refractivity contribution is 5.39. The molecule has 1 aliphatic rings. The maximum absolute atomic E-state index is 4.60. The van der Waals surface area contributed by atoms with Crippen molar-refractivity contribution in [2.24, 2.45) is 0 Å². The van der Waals surface area contributed by atoms with E-state index in [2.05, 4.69) is 51.6 Å². The number of rotatable bonds is 1. The average molecular weight is 163 g/mol. The summed E-state index contributed by atoms with van der Waals surface area (Å²) in [5.41, 5.74) is 2.57. The largest absolute Gasteiger partial charge is 0.684 e. The van der Waals surface area contributed by atoms with E-state index >= 15 is 0 Å². The highest BCUT2D eigenvalue weighted by Crippen LogP contribution is 2.27. The minimum Gasteiger partial charge on any atom is -0.684 e. The van der Waals surface area contributed by atoms with Crippen LogP contribution in [0.2, 0.25) is 0 Å². The van der Waals surface area contributed by atoms with Gasteiger partial charge in [-0.2, -0.15) is 11.3 Å². The summed E-state index contributed by atoms with van der Waals surface area (Å²) in [5.74, 6) is 0. The Kier molecular flexibility index (Phi) is 2.51. The van der Waals surface area contributed by atoms with Gasteiger partial charge in [0.1, 0.15) is 0 Å². The van der Waals surface area contributed by atoms with Gasteiger partial charge in [-0.3, -0.25) is 0 Å².